The van der Waals surface area contributed by atoms with Crippen LogP contribution in [0.2, 0.25) is 10.0 Å². The standard InChI is InChI=1S/C13H7Cl2NS2/c14-9-4-3-8(6-10(9)15)13-16-7-12(18-13)11-2-1-5-17-11/h1-7H. The summed E-state index contributed by atoms with van der Waals surface area (Å²) in [4.78, 5) is 6.84. The van der Waals surface area contributed by atoms with Gasteiger partial charge in [0.05, 0.1) is 14.9 Å². The predicted molar refractivity (Wildman–Crippen MR) is 80.9 cm³/mol. The zero-order valence-corrected chi connectivity index (χ0v) is 12.2. The molecule has 0 spiro atoms. The van der Waals surface area contributed by atoms with Crippen LogP contribution in [0.5, 0.6) is 0 Å². The van der Waals surface area contributed by atoms with Crippen molar-refractivity contribution in [3.05, 3.63) is 52.0 Å². The van der Waals surface area contributed by atoms with Gasteiger partial charge in [-0.15, -0.1) is 22.7 Å². The van der Waals surface area contributed by atoms with E-state index in [4.69, 9.17) is 23.2 Å². The first-order valence-corrected chi connectivity index (χ1v) is 7.64. The van der Waals surface area contributed by atoms with Crippen LogP contribution >= 0.6 is 45.9 Å². The smallest absolute Gasteiger partial charge is 0.123 e. The van der Waals surface area contributed by atoms with Crippen molar-refractivity contribution in [2.45, 2.75) is 0 Å². The van der Waals surface area contributed by atoms with E-state index in [1.54, 1.807) is 28.7 Å². The second kappa shape index (κ2) is 5.02. The molecule has 0 saturated heterocycles. The fourth-order valence-corrected chi connectivity index (χ4v) is 3.60. The van der Waals surface area contributed by atoms with E-state index in [1.165, 1.54) is 9.75 Å². The lowest BCUT2D eigenvalue weighted by molar-refractivity contribution is 1.41. The summed E-state index contributed by atoms with van der Waals surface area (Å²) >= 11 is 15.3. The normalized spacial score (nSPS) is 10.8. The number of aromatic nitrogens is 1. The van der Waals surface area contributed by atoms with Crippen molar-refractivity contribution in [3.63, 3.8) is 0 Å². The average molecular weight is 312 g/mol. The molecule has 0 unspecified atom stereocenters. The van der Waals surface area contributed by atoms with Gasteiger partial charge in [0, 0.05) is 16.6 Å². The van der Waals surface area contributed by atoms with Crippen LogP contribution in [0.3, 0.4) is 0 Å². The number of rotatable bonds is 2. The first kappa shape index (κ1) is 12.2. The minimum absolute atomic E-state index is 0.557. The Hall–Kier alpha value is -0.870. The van der Waals surface area contributed by atoms with E-state index in [0.29, 0.717) is 10.0 Å². The van der Waals surface area contributed by atoms with Crippen molar-refractivity contribution in [2.24, 2.45) is 0 Å². The second-order valence-corrected chi connectivity index (χ2v) is 6.43. The lowest BCUT2D eigenvalue weighted by atomic mass is 10.2. The Balaban J connectivity index is 2.00. The SMILES string of the molecule is Clc1ccc(-c2ncc(-c3cccs3)s2)cc1Cl. The quantitative estimate of drug-likeness (QED) is 0.579. The van der Waals surface area contributed by atoms with Gasteiger partial charge in [0.25, 0.3) is 0 Å². The van der Waals surface area contributed by atoms with Crippen LogP contribution in [0.25, 0.3) is 20.3 Å². The van der Waals surface area contributed by atoms with Crippen molar-refractivity contribution in [1.29, 1.82) is 0 Å². The van der Waals surface area contributed by atoms with Gasteiger partial charge in [-0.3, -0.25) is 0 Å². The summed E-state index contributed by atoms with van der Waals surface area (Å²) in [6, 6.07) is 9.72. The first-order chi connectivity index (χ1) is 8.74. The molecule has 1 nitrogen and oxygen atoms in total. The number of nitrogens with zero attached hydrogens (tertiary/aromatic N) is 1. The number of benzene rings is 1. The van der Waals surface area contributed by atoms with Crippen molar-refractivity contribution < 1.29 is 0 Å². The van der Waals surface area contributed by atoms with E-state index in [0.717, 1.165) is 10.6 Å². The van der Waals surface area contributed by atoms with E-state index < -0.39 is 0 Å². The molecule has 90 valence electrons. The highest BCUT2D eigenvalue weighted by Gasteiger charge is 2.08. The minimum atomic E-state index is 0.557. The fraction of sp³-hybridized carbons (Fsp3) is 0. The van der Waals surface area contributed by atoms with Crippen LogP contribution in [-0.2, 0) is 0 Å². The van der Waals surface area contributed by atoms with E-state index in [2.05, 4.69) is 16.4 Å². The summed E-state index contributed by atoms with van der Waals surface area (Å²) in [5, 5.41) is 4.14. The maximum absolute atomic E-state index is 6.02. The third-order valence-corrected chi connectivity index (χ3v) is 5.29. The number of hydrogen-bond donors (Lipinski definition) is 0. The monoisotopic (exact) mass is 311 g/mol. The Morgan fingerprint density at radius 3 is 2.61 bits per heavy atom. The maximum atomic E-state index is 6.02. The number of thiazole rings is 1. The van der Waals surface area contributed by atoms with Gasteiger partial charge in [0.15, 0.2) is 0 Å². The molecule has 0 saturated carbocycles. The van der Waals surface area contributed by atoms with Crippen LogP contribution in [0.4, 0.5) is 0 Å². The molecule has 0 aliphatic rings. The average Bonchev–Trinajstić information content (AvgIpc) is 3.01. The van der Waals surface area contributed by atoms with E-state index in [-0.39, 0.29) is 0 Å². The van der Waals surface area contributed by atoms with Crippen molar-refractivity contribution in [1.82, 2.24) is 4.98 Å². The Labute approximate surface area is 123 Å². The molecule has 0 radical (unpaired) electrons. The summed E-state index contributed by atoms with van der Waals surface area (Å²) in [7, 11) is 0. The third-order valence-electron chi connectivity index (χ3n) is 2.44. The van der Waals surface area contributed by atoms with Gasteiger partial charge in [-0.25, -0.2) is 4.98 Å². The third kappa shape index (κ3) is 2.31. The molecule has 2 heterocycles. The first-order valence-electron chi connectivity index (χ1n) is 5.19. The van der Waals surface area contributed by atoms with Crippen LogP contribution < -0.4 is 0 Å². The Morgan fingerprint density at radius 2 is 1.89 bits per heavy atom. The summed E-state index contributed by atoms with van der Waals surface area (Å²) in [5.74, 6) is 0. The van der Waals surface area contributed by atoms with Gasteiger partial charge in [-0.2, -0.15) is 0 Å². The van der Waals surface area contributed by atoms with Crippen LogP contribution in [0.1, 0.15) is 0 Å². The molecule has 1 aromatic carbocycles. The lowest BCUT2D eigenvalue weighted by Gasteiger charge is -1.98. The van der Waals surface area contributed by atoms with E-state index >= 15 is 0 Å². The van der Waals surface area contributed by atoms with Gasteiger partial charge in [-0.1, -0.05) is 35.3 Å². The summed E-state index contributed by atoms with van der Waals surface area (Å²) < 4.78 is 0. The molecule has 0 amide bonds. The molecular weight excluding hydrogens is 305 g/mol. The molecule has 0 atom stereocenters. The molecule has 3 rings (SSSR count). The minimum Gasteiger partial charge on any atom is -0.244 e. The van der Waals surface area contributed by atoms with Gasteiger partial charge in [0.1, 0.15) is 5.01 Å². The van der Waals surface area contributed by atoms with Gasteiger partial charge < -0.3 is 0 Å². The number of halogens is 2. The zero-order chi connectivity index (χ0) is 12.5. The van der Waals surface area contributed by atoms with Gasteiger partial charge in [0.2, 0.25) is 0 Å². The van der Waals surface area contributed by atoms with E-state index in [9.17, 15) is 0 Å². The van der Waals surface area contributed by atoms with Crippen LogP contribution in [0, 0.1) is 0 Å². The molecule has 3 aromatic rings. The van der Waals surface area contributed by atoms with Crippen molar-refractivity contribution >= 4 is 45.9 Å². The lowest BCUT2D eigenvalue weighted by Crippen LogP contribution is -1.75. The topological polar surface area (TPSA) is 12.9 Å². The van der Waals surface area contributed by atoms with Crippen molar-refractivity contribution in [3.8, 4) is 20.3 Å². The summed E-state index contributed by atoms with van der Waals surface area (Å²) in [6.45, 7) is 0. The fourth-order valence-electron chi connectivity index (χ4n) is 1.57. The van der Waals surface area contributed by atoms with Gasteiger partial charge >= 0.3 is 0 Å². The highest BCUT2D eigenvalue weighted by Crippen LogP contribution is 2.36. The van der Waals surface area contributed by atoms with Gasteiger partial charge in [-0.05, 0) is 23.6 Å². The summed E-state index contributed by atoms with van der Waals surface area (Å²) in [5.41, 5.74) is 0.997. The van der Waals surface area contributed by atoms with Crippen LogP contribution in [0.15, 0.2) is 41.9 Å². The second-order valence-electron chi connectivity index (χ2n) is 3.64. The Morgan fingerprint density at radius 1 is 1.00 bits per heavy atom. The number of thiophene rings is 1. The number of hydrogen-bond acceptors (Lipinski definition) is 3. The Bertz CT molecular complexity index is 674. The molecule has 18 heavy (non-hydrogen) atoms. The van der Waals surface area contributed by atoms with Crippen molar-refractivity contribution in [2.75, 3.05) is 0 Å². The molecule has 0 aliphatic carbocycles. The molecular formula is C13H7Cl2NS2. The molecule has 0 fully saturated rings. The largest absolute Gasteiger partial charge is 0.244 e. The molecule has 0 bridgehead atoms. The molecule has 2 aromatic heterocycles. The van der Waals surface area contributed by atoms with Crippen LogP contribution in [-0.4, -0.2) is 4.98 Å². The highest BCUT2D eigenvalue weighted by atomic mass is 35.5. The molecule has 0 aliphatic heterocycles. The predicted octanol–water partition coefficient (Wildman–Crippen LogP) is 5.85. The highest BCUT2D eigenvalue weighted by molar-refractivity contribution is 7.22. The zero-order valence-electron chi connectivity index (χ0n) is 9.06. The summed E-state index contributed by atoms with van der Waals surface area (Å²) in [6.07, 6.45) is 1.90. The molecule has 0 N–H and O–H groups in total. The maximum Gasteiger partial charge on any atom is 0.123 e. The van der Waals surface area contributed by atoms with E-state index in [1.807, 2.05) is 24.4 Å². The molecule has 5 heteroatoms. The Kier molecular flexibility index (Phi) is 3.39.